The van der Waals surface area contributed by atoms with Crippen molar-refractivity contribution in [2.75, 3.05) is 0 Å². The Morgan fingerprint density at radius 3 is 3.00 bits per heavy atom. The van der Waals surface area contributed by atoms with Gasteiger partial charge in [0.2, 0.25) is 0 Å². The van der Waals surface area contributed by atoms with Crippen molar-refractivity contribution in [3.63, 3.8) is 0 Å². The van der Waals surface area contributed by atoms with Crippen LogP contribution < -0.4 is 0 Å². The summed E-state index contributed by atoms with van der Waals surface area (Å²) in [6.45, 7) is 5.83. The second-order valence-corrected chi connectivity index (χ2v) is 3.47. The Morgan fingerprint density at radius 1 is 1.36 bits per heavy atom. The smallest absolute Gasteiger partial charge is 0.0527 e. The van der Waals surface area contributed by atoms with E-state index in [0.717, 1.165) is 5.57 Å². The van der Waals surface area contributed by atoms with Crippen molar-refractivity contribution in [3.05, 3.63) is 54.3 Å². The highest BCUT2D eigenvalue weighted by Crippen LogP contribution is 2.18. The molecule has 0 spiro atoms. The molecule has 0 bridgehead atoms. The molecule has 0 radical (unpaired) electrons. The number of allylic oxidation sites excluding steroid dienone is 2. The quantitative estimate of drug-likeness (QED) is 0.682. The SMILES string of the molecule is C=C(C)/C=C/c1cccc2cc[nH]c12. The van der Waals surface area contributed by atoms with Crippen molar-refractivity contribution in [3.8, 4) is 0 Å². The molecule has 1 heterocycles. The Morgan fingerprint density at radius 2 is 2.21 bits per heavy atom. The highest BCUT2D eigenvalue weighted by Gasteiger charge is 1.96. The van der Waals surface area contributed by atoms with Gasteiger partial charge >= 0.3 is 0 Å². The van der Waals surface area contributed by atoms with E-state index in [1.165, 1.54) is 16.5 Å². The van der Waals surface area contributed by atoms with E-state index in [1.54, 1.807) is 0 Å². The van der Waals surface area contributed by atoms with Crippen molar-refractivity contribution >= 4 is 17.0 Å². The first-order valence-electron chi connectivity index (χ1n) is 4.67. The van der Waals surface area contributed by atoms with Gasteiger partial charge in [0.1, 0.15) is 0 Å². The van der Waals surface area contributed by atoms with Crippen LogP contribution >= 0.6 is 0 Å². The molecule has 0 aliphatic heterocycles. The summed E-state index contributed by atoms with van der Waals surface area (Å²) in [5.41, 5.74) is 3.45. The number of benzene rings is 1. The van der Waals surface area contributed by atoms with Crippen molar-refractivity contribution < 1.29 is 0 Å². The first-order chi connectivity index (χ1) is 6.77. The van der Waals surface area contributed by atoms with Crippen molar-refractivity contribution in [2.45, 2.75) is 6.92 Å². The van der Waals surface area contributed by atoms with Gasteiger partial charge in [0.15, 0.2) is 0 Å². The van der Waals surface area contributed by atoms with Gasteiger partial charge in [-0.15, -0.1) is 0 Å². The first kappa shape index (κ1) is 8.82. The summed E-state index contributed by atoms with van der Waals surface area (Å²) >= 11 is 0. The zero-order valence-electron chi connectivity index (χ0n) is 8.25. The van der Waals surface area contributed by atoms with Crippen LogP contribution in [0.3, 0.4) is 0 Å². The van der Waals surface area contributed by atoms with Crippen molar-refractivity contribution in [1.29, 1.82) is 0 Å². The lowest BCUT2D eigenvalue weighted by atomic mass is 10.1. The molecule has 1 aromatic heterocycles. The first-order valence-corrected chi connectivity index (χ1v) is 4.67. The molecule has 1 nitrogen and oxygen atoms in total. The molecule has 1 heteroatoms. The van der Waals surface area contributed by atoms with E-state index < -0.39 is 0 Å². The van der Waals surface area contributed by atoms with Crippen LogP contribution in [0.1, 0.15) is 12.5 Å². The second-order valence-electron chi connectivity index (χ2n) is 3.47. The average molecular weight is 183 g/mol. The molecule has 2 rings (SSSR count). The predicted molar refractivity (Wildman–Crippen MR) is 62.1 cm³/mol. The monoisotopic (exact) mass is 183 g/mol. The van der Waals surface area contributed by atoms with E-state index in [4.69, 9.17) is 0 Å². The lowest BCUT2D eigenvalue weighted by molar-refractivity contribution is 1.47. The number of hydrogen-bond donors (Lipinski definition) is 1. The topological polar surface area (TPSA) is 15.8 Å². The number of H-pyrrole nitrogens is 1. The summed E-state index contributed by atoms with van der Waals surface area (Å²) in [5.74, 6) is 0. The molecule has 0 unspecified atom stereocenters. The van der Waals surface area contributed by atoms with E-state index in [-0.39, 0.29) is 0 Å². The number of rotatable bonds is 2. The third-order valence-corrected chi connectivity index (χ3v) is 2.17. The normalized spacial score (nSPS) is 11.2. The summed E-state index contributed by atoms with van der Waals surface area (Å²) in [6, 6.07) is 8.34. The Hall–Kier alpha value is -1.76. The van der Waals surface area contributed by atoms with E-state index in [1.807, 2.05) is 19.2 Å². The fraction of sp³-hybridized carbons (Fsp3) is 0.0769. The van der Waals surface area contributed by atoms with Gasteiger partial charge in [-0.1, -0.05) is 42.5 Å². The predicted octanol–water partition coefficient (Wildman–Crippen LogP) is 3.76. The average Bonchev–Trinajstić information content (AvgIpc) is 2.62. The second kappa shape index (κ2) is 3.54. The third-order valence-electron chi connectivity index (χ3n) is 2.17. The minimum Gasteiger partial charge on any atom is -0.361 e. The van der Waals surface area contributed by atoms with Crippen LogP contribution in [-0.2, 0) is 0 Å². The number of aromatic nitrogens is 1. The molecule has 0 saturated heterocycles. The van der Waals surface area contributed by atoms with E-state index in [0.29, 0.717) is 0 Å². The van der Waals surface area contributed by atoms with Crippen LogP contribution in [-0.4, -0.2) is 4.98 Å². The number of fused-ring (bicyclic) bond motifs is 1. The minimum absolute atomic E-state index is 1.06. The maximum atomic E-state index is 3.84. The molecule has 14 heavy (non-hydrogen) atoms. The highest BCUT2D eigenvalue weighted by atomic mass is 14.7. The molecular formula is C13H13N. The van der Waals surface area contributed by atoms with Crippen LogP contribution in [0.2, 0.25) is 0 Å². The van der Waals surface area contributed by atoms with Crippen LogP contribution in [0, 0.1) is 0 Å². The molecule has 0 fully saturated rings. The lowest BCUT2D eigenvalue weighted by Crippen LogP contribution is -1.75. The maximum absolute atomic E-state index is 3.84. The fourth-order valence-electron chi connectivity index (χ4n) is 1.48. The van der Waals surface area contributed by atoms with Crippen LogP contribution in [0.25, 0.3) is 17.0 Å². The number of nitrogens with one attached hydrogen (secondary N) is 1. The standard InChI is InChI=1S/C13H13N/c1-10(2)6-7-11-4-3-5-12-8-9-14-13(11)12/h3-9,14H,1H2,2H3/b7-6+. The van der Waals surface area contributed by atoms with Gasteiger partial charge in [-0.25, -0.2) is 0 Å². The van der Waals surface area contributed by atoms with Gasteiger partial charge in [0, 0.05) is 6.20 Å². The molecule has 70 valence electrons. The molecule has 1 aromatic carbocycles. The largest absolute Gasteiger partial charge is 0.361 e. The molecule has 0 aliphatic rings. The lowest BCUT2D eigenvalue weighted by Gasteiger charge is -1.96. The van der Waals surface area contributed by atoms with Gasteiger partial charge in [-0.05, 0) is 23.9 Å². The van der Waals surface area contributed by atoms with Gasteiger partial charge in [0.05, 0.1) is 5.52 Å². The molecule has 0 saturated carbocycles. The Balaban J connectivity index is 2.51. The van der Waals surface area contributed by atoms with Gasteiger partial charge in [-0.2, -0.15) is 0 Å². The van der Waals surface area contributed by atoms with E-state index >= 15 is 0 Å². The summed E-state index contributed by atoms with van der Waals surface area (Å²) in [4.78, 5) is 3.23. The van der Waals surface area contributed by atoms with E-state index in [9.17, 15) is 0 Å². The number of para-hydroxylation sites is 1. The van der Waals surface area contributed by atoms with Crippen LogP contribution in [0.4, 0.5) is 0 Å². The third kappa shape index (κ3) is 1.62. The summed E-state index contributed by atoms with van der Waals surface area (Å²) in [6.07, 6.45) is 6.07. The Kier molecular flexibility index (Phi) is 2.23. The molecule has 1 N–H and O–H groups in total. The minimum atomic E-state index is 1.06. The molecule has 0 amide bonds. The van der Waals surface area contributed by atoms with Gasteiger partial charge in [-0.3, -0.25) is 0 Å². The summed E-state index contributed by atoms with van der Waals surface area (Å²) in [5, 5.41) is 1.24. The van der Waals surface area contributed by atoms with Gasteiger partial charge in [0.25, 0.3) is 0 Å². The van der Waals surface area contributed by atoms with Gasteiger partial charge < -0.3 is 4.98 Å². The summed E-state index contributed by atoms with van der Waals surface area (Å²) in [7, 11) is 0. The molecule has 0 atom stereocenters. The number of hydrogen-bond acceptors (Lipinski definition) is 0. The summed E-state index contributed by atoms with van der Waals surface area (Å²) < 4.78 is 0. The fourth-order valence-corrected chi connectivity index (χ4v) is 1.48. The van der Waals surface area contributed by atoms with Crippen LogP contribution in [0.5, 0.6) is 0 Å². The zero-order valence-corrected chi connectivity index (χ0v) is 8.25. The highest BCUT2D eigenvalue weighted by molar-refractivity contribution is 5.87. The Labute approximate surface area is 83.8 Å². The maximum Gasteiger partial charge on any atom is 0.0527 e. The zero-order chi connectivity index (χ0) is 9.97. The molecular weight excluding hydrogens is 170 g/mol. The van der Waals surface area contributed by atoms with E-state index in [2.05, 4.69) is 41.9 Å². The Bertz CT molecular complexity index is 489. The number of aromatic amines is 1. The van der Waals surface area contributed by atoms with Crippen molar-refractivity contribution in [2.24, 2.45) is 0 Å². The molecule has 0 aliphatic carbocycles. The van der Waals surface area contributed by atoms with Crippen LogP contribution in [0.15, 0.2) is 48.7 Å². The molecule has 2 aromatic rings. The van der Waals surface area contributed by atoms with Crippen molar-refractivity contribution in [1.82, 2.24) is 4.98 Å².